The Morgan fingerprint density at radius 2 is 1.64 bits per heavy atom. The van der Waals surface area contributed by atoms with Crippen LogP contribution in [0.1, 0.15) is 44.9 Å². The highest BCUT2D eigenvalue weighted by atomic mass is 32.2. The molecule has 0 saturated carbocycles. The maximum absolute atomic E-state index is 6.65. The van der Waals surface area contributed by atoms with Crippen molar-refractivity contribution >= 4 is 11.8 Å². The molecule has 5 rings (SSSR count). The zero-order chi connectivity index (χ0) is 18.8. The van der Waals surface area contributed by atoms with Gasteiger partial charge in [-0.05, 0) is 50.7 Å². The third-order valence-corrected chi connectivity index (χ3v) is 8.82. The van der Waals surface area contributed by atoms with Gasteiger partial charge in [-0.1, -0.05) is 0 Å². The third-order valence-electron chi connectivity index (χ3n) is 7.28. The standard InChI is InChI=1S/C21H36N2O4S/c1-2-11-26-18(6-1)21(19-7-4-16-28-19)20(17-5-3-12-25-17)27-15-10-23(21)22-8-13-24-14-9-22/h17-20H,1-16H2. The highest BCUT2D eigenvalue weighted by Gasteiger charge is 2.62. The fourth-order valence-corrected chi connectivity index (χ4v) is 7.75. The minimum Gasteiger partial charge on any atom is -0.379 e. The average molecular weight is 413 g/mol. The molecule has 160 valence electrons. The molecule has 0 aromatic rings. The average Bonchev–Trinajstić information content (AvgIpc) is 3.49. The Hall–Kier alpha value is 0.110. The number of thioether (sulfide) groups is 1. The summed E-state index contributed by atoms with van der Waals surface area (Å²) in [5, 5.41) is 5.84. The second-order valence-electron chi connectivity index (χ2n) is 8.78. The molecule has 0 bridgehead atoms. The van der Waals surface area contributed by atoms with Crippen molar-refractivity contribution in [2.75, 3.05) is 58.4 Å². The van der Waals surface area contributed by atoms with Crippen LogP contribution in [0.15, 0.2) is 0 Å². The van der Waals surface area contributed by atoms with Crippen LogP contribution in [-0.2, 0) is 18.9 Å². The van der Waals surface area contributed by atoms with Crippen LogP contribution in [0, 0.1) is 0 Å². The lowest BCUT2D eigenvalue weighted by molar-refractivity contribution is -0.280. The van der Waals surface area contributed by atoms with Crippen molar-refractivity contribution in [1.82, 2.24) is 10.0 Å². The zero-order valence-electron chi connectivity index (χ0n) is 17.1. The van der Waals surface area contributed by atoms with Gasteiger partial charge in [0.05, 0.1) is 32.0 Å². The molecular formula is C21H36N2O4S. The van der Waals surface area contributed by atoms with Gasteiger partial charge in [-0.3, -0.25) is 0 Å². The normalized spacial score (nSPS) is 44.1. The van der Waals surface area contributed by atoms with E-state index >= 15 is 0 Å². The zero-order valence-corrected chi connectivity index (χ0v) is 17.9. The number of ether oxygens (including phenoxy) is 4. The van der Waals surface area contributed by atoms with Crippen LogP contribution in [0.2, 0.25) is 0 Å². The first kappa shape index (κ1) is 20.0. The van der Waals surface area contributed by atoms with Crippen molar-refractivity contribution in [2.24, 2.45) is 0 Å². The SMILES string of the molecule is C1CCC(C2(C3CCCS3)C(C3CCCO3)OCCN2N2CCOCC2)OC1. The summed E-state index contributed by atoms with van der Waals surface area (Å²) >= 11 is 2.16. The van der Waals surface area contributed by atoms with Crippen LogP contribution in [0.3, 0.4) is 0 Å². The molecule has 28 heavy (non-hydrogen) atoms. The number of rotatable bonds is 4. The van der Waals surface area contributed by atoms with Crippen molar-refractivity contribution in [3.8, 4) is 0 Å². The fraction of sp³-hybridized carbons (Fsp3) is 1.00. The maximum atomic E-state index is 6.65. The Morgan fingerprint density at radius 1 is 0.750 bits per heavy atom. The summed E-state index contributed by atoms with van der Waals surface area (Å²) in [6.07, 6.45) is 8.97. The Bertz CT molecular complexity index is 503. The molecule has 7 heteroatoms. The van der Waals surface area contributed by atoms with Crippen LogP contribution >= 0.6 is 11.8 Å². The molecule has 5 saturated heterocycles. The van der Waals surface area contributed by atoms with Crippen molar-refractivity contribution in [3.63, 3.8) is 0 Å². The lowest BCUT2D eigenvalue weighted by Crippen LogP contribution is -2.78. The monoisotopic (exact) mass is 412 g/mol. The molecule has 6 nitrogen and oxygen atoms in total. The van der Waals surface area contributed by atoms with Gasteiger partial charge < -0.3 is 18.9 Å². The number of nitrogens with zero attached hydrogens (tertiary/aromatic N) is 2. The van der Waals surface area contributed by atoms with Crippen molar-refractivity contribution in [3.05, 3.63) is 0 Å². The maximum Gasteiger partial charge on any atom is 0.107 e. The number of morpholine rings is 2. The second kappa shape index (κ2) is 9.08. The first-order chi connectivity index (χ1) is 13.9. The van der Waals surface area contributed by atoms with E-state index in [1.54, 1.807) is 0 Å². The van der Waals surface area contributed by atoms with Gasteiger partial charge in [-0.2, -0.15) is 11.8 Å². The molecular weight excluding hydrogens is 376 g/mol. The molecule has 0 spiro atoms. The van der Waals surface area contributed by atoms with E-state index in [4.69, 9.17) is 18.9 Å². The smallest absolute Gasteiger partial charge is 0.107 e. The van der Waals surface area contributed by atoms with E-state index in [1.165, 1.54) is 31.4 Å². The molecule has 5 fully saturated rings. The molecule has 0 amide bonds. The van der Waals surface area contributed by atoms with E-state index in [0.29, 0.717) is 5.25 Å². The van der Waals surface area contributed by atoms with E-state index in [0.717, 1.165) is 71.9 Å². The molecule has 5 heterocycles. The lowest BCUT2D eigenvalue weighted by Gasteiger charge is -2.61. The van der Waals surface area contributed by atoms with Crippen LogP contribution in [0.25, 0.3) is 0 Å². The molecule has 5 atom stereocenters. The van der Waals surface area contributed by atoms with E-state index in [2.05, 4.69) is 21.8 Å². The van der Waals surface area contributed by atoms with E-state index in [9.17, 15) is 0 Å². The predicted molar refractivity (Wildman–Crippen MR) is 110 cm³/mol. The summed E-state index contributed by atoms with van der Waals surface area (Å²) in [7, 11) is 0. The third kappa shape index (κ3) is 3.55. The van der Waals surface area contributed by atoms with Crippen molar-refractivity contribution < 1.29 is 18.9 Å². The molecule has 5 aliphatic heterocycles. The summed E-state index contributed by atoms with van der Waals surface area (Å²) < 4.78 is 25.2. The van der Waals surface area contributed by atoms with Crippen LogP contribution in [-0.4, -0.2) is 97.5 Å². The Morgan fingerprint density at radius 3 is 2.36 bits per heavy atom. The van der Waals surface area contributed by atoms with Gasteiger partial charge in [0.1, 0.15) is 11.6 Å². The van der Waals surface area contributed by atoms with Gasteiger partial charge in [0.25, 0.3) is 0 Å². The number of hydrogen-bond donors (Lipinski definition) is 0. The topological polar surface area (TPSA) is 43.4 Å². The summed E-state index contributed by atoms with van der Waals surface area (Å²) in [4.78, 5) is 0. The summed E-state index contributed by atoms with van der Waals surface area (Å²) in [6, 6.07) is 0. The van der Waals surface area contributed by atoms with Gasteiger partial charge in [0, 0.05) is 38.1 Å². The van der Waals surface area contributed by atoms with Crippen LogP contribution < -0.4 is 0 Å². The highest BCUT2D eigenvalue weighted by molar-refractivity contribution is 8.00. The van der Waals surface area contributed by atoms with Crippen LogP contribution in [0.4, 0.5) is 0 Å². The molecule has 0 aromatic heterocycles. The van der Waals surface area contributed by atoms with E-state index in [1.807, 2.05) is 0 Å². The quantitative estimate of drug-likeness (QED) is 0.702. The summed E-state index contributed by atoms with van der Waals surface area (Å²) in [5.74, 6) is 1.26. The van der Waals surface area contributed by atoms with Gasteiger partial charge in [0.2, 0.25) is 0 Å². The molecule has 0 N–H and O–H groups in total. The van der Waals surface area contributed by atoms with Crippen LogP contribution in [0.5, 0.6) is 0 Å². The largest absolute Gasteiger partial charge is 0.379 e. The van der Waals surface area contributed by atoms with Crippen molar-refractivity contribution in [1.29, 1.82) is 0 Å². The first-order valence-corrected chi connectivity index (χ1v) is 12.5. The van der Waals surface area contributed by atoms with Gasteiger partial charge in [-0.25, -0.2) is 10.0 Å². The number of hydrazine groups is 1. The Labute approximate surface area is 173 Å². The highest BCUT2D eigenvalue weighted by Crippen LogP contribution is 2.49. The van der Waals surface area contributed by atoms with Crippen molar-refractivity contribution in [2.45, 2.75) is 74.0 Å². The van der Waals surface area contributed by atoms with Gasteiger partial charge in [0.15, 0.2) is 0 Å². The molecule has 0 aromatic carbocycles. The molecule has 0 radical (unpaired) electrons. The summed E-state index contributed by atoms with van der Waals surface area (Å²) in [6.45, 7) is 7.10. The Balaban J connectivity index is 1.56. The minimum absolute atomic E-state index is 0.102. The minimum atomic E-state index is -0.119. The molecule has 0 aliphatic carbocycles. The summed E-state index contributed by atoms with van der Waals surface area (Å²) in [5.41, 5.74) is -0.119. The number of hydrogen-bond acceptors (Lipinski definition) is 7. The van der Waals surface area contributed by atoms with Gasteiger partial charge >= 0.3 is 0 Å². The first-order valence-electron chi connectivity index (χ1n) is 11.5. The van der Waals surface area contributed by atoms with E-state index < -0.39 is 0 Å². The molecule has 5 unspecified atom stereocenters. The molecule has 5 aliphatic rings. The Kier molecular flexibility index (Phi) is 6.50. The van der Waals surface area contributed by atoms with E-state index in [-0.39, 0.29) is 23.9 Å². The predicted octanol–water partition coefficient (Wildman–Crippen LogP) is 2.32. The van der Waals surface area contributed by atoms with Gasteiger partial charge in [-0.15, -0.1) is 0 Å². The lowest BCUT2D eigenvalue weighted by atomic mass is 9.74. The fourth-order valence-electron chi connectivity index (χ4n) is 6.12. The second-order valence-corrected chi connectivity index (χ2v) is 10.1.